The Kier molecular flexibility index (Phi) is 1.89. The summed E-state index contributed by atoms with van der Waals surface area (Å²) in [5, 5.41) is 10.2. The summed E-state index contributed by atoms with van der Waals surface area (Å²) in [6.45, 7) is 0. The highest BCUT2D eigenvalue weighted by Crippen LogP contribution is 2.30. The monoisotopic (exact) mass is 191 g/mol. The van der Waals surface area contributed by atoms with Crippen molar-refractivity contribution in [3.8, 4) is 11.5 Å². The van der Waals surface area contributed by atoms with E-state index < -0.39 is 0 Å². The number of H-pyrrole nitrogens is 1. The molecule has 1 aromatic carbocycles. The van der Waals surface area contributed by atoms with E-state index in [0.717, 1.165) is 0 Å². The Morgan fingerprint density at radius 1 is 1.43 bits per heavy atom. The fourth-order valence-corrected chi connectivity index (χ4v) is 1.40. The first-order valence-electron chi connectivity index (χ1n) is 4.09. The van der Waals surface area contributed by atoms with Gasteiger partial charge in [-0.05, 0) is 6.07 Å². The van der Waals surface area contributed by atoms with E-state index in [4.69, 9.17) is 4.74 Å². The topological polar surface area (TPSA) is 62.3 Å². The number of aromatic amines is 1. The van der Waals surface area contributed by atoms with Gasteiger partial charge >= 0.3 is 0 Å². The molecule has 2 N–H and O–H groups in total. The smallest absolute Gasteiger partial charge is 0.166 e. The third-order valence-corrected chi connectivity index (χ3v) is 2.07. The molecule has 1 aromatic heterocycles. The second-order valence-corrected chi connectivity index (χ2v) is 2.95. The molecule has 0 atom stereocenters. The number of rotatable bonds is 2. The predicted octanol–water partition coefficient (Wildman–Crippen LogP) is 1.69. The highest BCUT2D eigenvalue weighted by molar-refractivity contribution is 5.92. The van der Waals surface area contributed by atoms with E-state index in [0.29, 0.717) is 28.6 Å². The van der Waals surface area contributed by atoms with Gasteiger partial charge in [0.1, 0.15) is 11.5 Å². The molecule has 0 spiro atoms. The number of aromatic hydroxyl groups is 1. The summed E-state index contributed by atoms with van der Waals surface area (Å²) in [6, 6.07) is 4.82. The zero-order valence-electron chi connectivity index (χ0n) is 7.57. The number of carbonyl (C=O) groups is 1. The van der Waals surface area contributed by atoms with Crippen LogP contribution in [0.4, 0.5) is 0 Å². The van der Waals surface area contributed by atoms with Gasteiger partial charge in [0, 0.05) is 17.5 Å². The lowest BCUT2D eigenvalue weighted by molar-refractivity contribution is 0.112. The Morgan fingerprint density at radius 3 is 2.86 bits per heavy atom. The van der Waals surface area contributed by atoms with Gasteiger partial charge < -0.3 is 14.8 Å². The van der Waals surface area contributed by atoms with Crippen LogP contribution in [0.1, 0.15) is 10.5 Å². The van der Waals surface area contributed by atoms with Crippen molar-refractivity contribution < 1.29 is 14.6 Å². The number of hydrogen-bond donors (Lipinski definition) is 2. The number of methoxy groups -OCH3 is 1. The molecule has 0 unspecified atom stereocenters. The molecule has 72 valence electrons. The first-order chi connectivity index (χ1) is 6.74. The molecule has 0 bridgehead atoms. The zero-order valence-corrected chi connectivity index (χ0v) is 7.57. The van der Waals surface area contributed by atoms with Crippen molar-refractivity contribution in [2.45, 2.75) is 0 Å². The Bertz CT molecular complexity index is 487. The molecule has 0 radical (unpaired) electrons. The molecule has 0 amide bonds. The maximum atomic E-state index is 10.5. The van der Waals surface area contributed by atoms with E-state index >= 15 is 0 Å². The minimum atomic E-state index is 0.101. The van der Waals surface area contributed by atoms with Crippen molar-refractivity contribution in [3.63, 3.8) is 0 Å². The van der Waals surface area contributed by atoms with E-state index in [1.54, 1.807) is 12.1 Å². The van der Waals surface area contributed by atoms with Crippen LogP contribution >= 0.6 is 0 Å². The molecule has 1 heterocycles. The van der Waals surface area contributed by atoms with Crippen LogP contribution in [-0.4, -0.2) is 23.5 Å². The van der Waals surface area contributed by atoms with Crippen molar-refractivity contribution in [2.24, 2.45) is 0 Å². The molecular formula is C10H9NO3. The van der Waals surface area contributed by atoms with E-state index in [1.165, 1.54) is 13.2 Å². The van der Waals surface area contributed by atoms with Crippen LogP contribution in [0.3, 0.4) is 0 Å². The largest absolute Gasteiger partial charge is 0.507 e. The fraction of sp³-hybridized carbons (Fsp3) is 0.100. The average molecular weight is 191 g/mol. The first-order valence-corrected chi connectivity index (χ1v) is 4.09. The molecular weight excluding hydrogens is 182 g/mol. The molecule has 0 fully saturated rings. The van der Waals surface area contributed by atoms with Crippen LogP contribution in [-0.2, 0) is 0 Å². The van der Waals surface area contributed by atoms with Gasteiger partial charge in [0.2, 0.25) is 0 Å². The highest BCUT2D eigenvalue weighted by atomic mass is 16.5. The van der Waals surface area contributed by atoms with Crippen LogP contribution in [0.2, 0.25) is 0 Å². The minimum absolute atomic E-state index is 0.101. The van der Waals surface area contributed by atoms with Crippen LogP contribution in [0.15, 0.2) is 18.2 Å². The summed E-state index contributed by atoms with van der Waals surface area (Å²) >= 11 is 0. The van der Waals surface area contributed by atoms with Gasteiger partial charge in [-0.2, -0.15) is 0 Å². The lowest BCUT2D eigenvalue weighted by atomic mass is 10.2. The number of fused-ring (bicyclic) bond motifs is 1. The first kappa shape index (κ1) is 8.62. The van der Waals surface area contributed by atoms with E-state index in [1.807, 2.05) is 0 Å². The number of nitrogens with one attached hydrogen (secondary N) is 1. The van der Waals surface area contributed by atoms with Gasteiger partial charge in [-0.1, -0.05) is 0 Å². The van der Waals surface area contributed by atoms with Crippen molar-refractivity contribution >= 4 is 17.2 Å². The van der Waals surface area contributed by atoms with E-state index in [-0.39, 0.29) is 5.75 Å². The SMILES string of the molecule is COc1cc(O)c2cc(C=O)[nH]c2c1. The second-order valence-electron chi connectivity index (χ2n) is 2.95. The van der Waals surface area contributed by atoms with Crippen molar-refractivity contribution in [2.75, 3.05) is 7.11 Å². The molecule has 0 saturated heterocycles. The van der Waals surface area contributed by atoms with Gasteiger partial charge in [0.05, 0.1) is 18.3 Å². The highest BCUT2D eigenvalue weighted by Gasteiger charge is 2.06. The van der Waals surface area contributed by atoms with Crippen molar-refractivity contribution in [1.29, 1.82) is 0 Å². The standard InChI is InChI=1S/C10H9NO3/c1-14-7-3-9-8(10(13)4-7)2-6(5-12)11-9/h2-5,11,13H,1H3. The number of phenols is 1. The Balaban J connectivity index is 2.73. The van der Waals surface area contributed by atoms with Gasteiger partial charge in [0.25, 0.3) is 0 Å². The summed E-state index contributed by atoms with van der Waals surface area (Å²) in [5.74, 6) is 0.651. The van der Waals surface area contributed by atoms with E-state index in [9.17, 15) is 9.90 Å². The molecule has 4 heteroatoms. The van der Waals surface area contributed by atoms with Crippen LogP contribution in [0.5, 0.6) is 11.5 Å². The van der Waals surface area contributed by atoms with Crippen molar-refractivity contribution in [1.82, 2.24) is 4.98 Å². The Hall–Kier alpha value is -1.97. The quantitative estimate of drug-likeness (QED) is 0.710. The molecule has 0 saturated carbocycles. The summed E-state index contributed by atoms with van der Waals surface area (Å²) in [4.78, 5) is 13.4. The number of ether oxygens (including phenoxy) is 1. The van der Waals surface area contributed by atoms with Crippen molar-refractivity contribution in [3.05, 3.63) is 23.9 Å². The van der Waals surface area contributed by atoms with Gasteiger partial charge in [-0.25, -0.2) is 0 Å². The normalized spacial score (nSPS) is 10.4. The summed E-state index contributed by atoms with van der Waals surface area (Å²) in [7, 11) is 1.52. The lowest BCUT2D eigenvalue weighted by Crippen LogP contribution is -1.82. The molecule has 4 nitrogen and oxygen atoms in total. The van der Waals surface area contributed by atoms with E-state index in [2.05, 4.69) is 4.98 Å². The van der Waals surface area contributed by atoms with Crippen LogP contribution < -0.4 is 4.74 Å². The van der Waals surface area contributed by atoms with Crippen LogP contribution in [0, 0.1) is 0 Å². The summed E-state index contributed by atoms with van der Waals surface area (Å²) in [5.41, 5.74) is 1.12. The maximum absolute atomic E-state index is 10.5. The number of hydrogen-bond acceptors (Lipinski definition) is 3. The summed E-state index contributed by atoms with van der Waals surface area (Å²) in [6.07, 6.45) is 0.700. The molecule has 2 rings (SSSR count). The molecule has 0 aliphatic carbocycles. The number of phenolic OH excluding ortho intramolecular Hbond substituents is 1. The third kappa shape index (κ3) is 1.21. The average Bonchev–Trinajstić information content (AvgIpc) is 2.61. The number of benzene rings is 1. The zero-order chi connectivity index (χ0) is 10.1. The van der Waals surface area contributed by atoms with Crippen LogP contribution in [0.25, 0.3) is 10.9 Å². The summed E-state index contributed by atoms with van der Waals surface area (Å²) < 4.78 is 4.98. The molecule has 2 aromatic rings. The predicted molar refractivity (Wildman–Crippen MR) is 51.9 cm³/mol. The molecule has 14 heavy (non-hydrogen) atoms. The Morgan fingerprint density at radius 2 is 2.21 bits per heavy atom. The third-order valence-electron chi connectivity index (χ3n) is 2.07. The Labute approximate surface area is 80.1 Å². The molecule has 0 aliphatic heterocycles. The van der Waals surface area contributed by atoms with Gasteiger partial charge in [-0.3, -0.25) is 4.79 Å². The molecule has 0 aliphatic rings. The fourth-order valence-electron chi connectivity index (χ4n) is 1.40. The van der Waals surface area contributed by atoms with Gasteiger partial charge in [0.15, 0.2) is 6.29 Å². The van der Waals surface area contributed by atoms with Gasteiger partial charge in [-0.15, -0.1) is 0 Å². The second kappa shape index (κ2) is 3.06. The number of aldehydes is 1. The maximum Gasteiger partial charge on any atom is 0.166 e. The number of aromatic nitrogens is 1. The number of carbonyl (C=O) groups excluding carboxylic acids is 1. The lowest BCUT2D eigenvalue weighted by Gasteiger charge is -2.00. The minimum Gasteiger partial charge on any atom is -0.507 e.